The summed E-state index contributed by atoms with van der Waals surface area (Å²) in [4.78, 5) is 37.1. The van der Waals surface area contributed by atoms with Crippen LogP contribution >= 0.6 is 0 Å². The first-order chi connectivity index (χ1) is 11.0. The van der Waals surface area contributed by atoms with Crippen LogP contribution in [-0.4, -0.2) is 36.8 Å². The molecule has 3 rings (SSSR count). The molecule has 2 aromatic rings. The number of anilines is 1. The molecule has 0 fully saturated rings. The van der Waals surface area contributed by atoms with Crippen LogP contribution in [0.4, 0.5) is 5.69 Å². The Labute approximate surface area is 132 Å². The van der Waals surface area contributed by atoms with Gasteiger partial charge in [0.15, 0.2) is 0 Å². The van der Waals surface area contributed by atoms with Gasteiger partial charge in [0.25, 0.3) is 17.7 Å². The van der Waals surface area contributed by atoms with Gasteiger partial charge < -0.3 is 10.1 Å². The number of rotatable bonds is 3. The van der Waals surface area contributed by atoms with Gasteiger partial charge in [-0.15, -0.1) is 0 Å². The van der Waals surface area contributed by atoms with Gasteiger partial charge in [-0.25, -0.2) is 0 Å². The zero-order chi connectivity index (χ0) is 16.6. The highest BCUT2D eigenvalue weighted by Crippen LogP contribution is 2.25. The van der Waals surface area contributed by atoms with E-state index in [2.05, 4.69) is 5.32 Å². The first-order valence-corrected chi connectivity index (χ1v) is 6.93. The maximum absolute atomic E-state index is 12.2. The van der Waals surface area contributed by atoms with Crippen LogP contribution in [0.3, 0.4) is 0 Å². The summed E-state index contributed by atoms with van der Waals surface area (Å²) in [6.07, 6.45) is 0. The molecule has 1 aliphatic heterocycles. The fourth-order valence-electron chi connectivity index (χ4n) is 2.38. The molecule has 1 N–H and O–H groups in total. The Hall–Kier alpha value is -3.15. The van der Waals surface area contributed by atoms with Crippen LogP contribution in [-0.2, 0) is 0 Å². The van der Waals surface area contributed by atoms with Crippen molar-refractivity contribution in [2.45, 2.75) is 0 Å². The molecule has 23 heavy (non-hydrogen) atoms. The van der Waals surface area contributed by atoms with Gasteiger partial charge in [-0.05, 0) is 42.5 Å². The molecule has 0 atom stereocenters. The Kier molecular flexibility index (Phi) is 3.57. The average Bonchev–Trinajstić information content (AvgIpc) is 2.79. The third-order valence-electron chi connectivity index (χ3n) is 3.70. The van der Waals surface area contributed by atoms with E-state index in [4.69, 9.17) is 4.74 Å². The van der Waals surface area contributed by atoms with Gasteiger partial charge >= 0.3 is 0 Å². The molecule has 2 aromatic carbocycles. The van der Waals surface area contributed by atoms with E-state index in [1.54, 1.807) is 43.5 Å². The van der Waals surface area contributed by atoms with E-state index >= 15 is 0 Å². The summed E-state index contributed by atoms with van der Waals surface area (Å²) in [5, 5.41) is 2.71. The van der Waals surface area contributed by atoms with E-state index in [0.29, 0.717) is 28.1 Å². The third kappa shape index (κ3) is 2.55. The zero-order valence-corrected chi connectivity index (χ0v) is 12.6. The van der Waals surface area contributed by atoms with Crippen molar-refractivity contribution in [3.05, 3.63) is 59.2 Å². The number of nitrogens with zero attached hydrogens (tertiary/aromatic N) is 1. The van der Waals surface area contributed by atoms with Crippen molar-refractivity contribution in [2.75, 3.05) is 19.5 Å². The number of amides is 3. The number of hydrogen-bond acceptors (Lipinski definition) is 4. The zero-order valence-electron chi connectivity index (χ0n) is 12.6. The Morgan fingerprint density at radius 3 is 2.30 bits per heavy atom. The number of fused-ring (bicyclic) bond motifs is 1. The number of hydrogen-bond donors (Lipinski definition) is 1. The second-order valence-electron chi connectivity index (χ2n) is 5.11. The minimum Gasteiger partial charge on any atom is -0.497 e. The molecule has 0 saturated heterocycles. The van der Waals surface area contributed by atoms with E-state index in [0.717, 1.165) is 4.90 Å². The highest BCUT2D eigenvalue weighted by molar-refractivity contribution is 6.21. The molecule has 0 saturated carbocycles. The molecule has 0 bridgehead atoms. The maximum Gasteiger partial charge on any atom is 0.261 e. The predicted octanol–water partition coefficient (Wildman–Crippen LogP) is 2.17. The monoisotopic (exact) mass is 310 g/mol. The second kappa shape index (κ2) is 5.57. The molecule has 1 aliphatic rings. The molecule has 0 aromatic heterocycles. The van der Waals surface area contributed by atoms with Crippen LogP contribution in [0.25, 0.3) is 0 Å². The molecule has 0 radical (unpaired) electrons. The lowest BCUT2D eigenvalue weighted by Gasteiger charge is -2.07. The summed E-state index contributed by atoms with van der Waals surface area (Å²) in [5.41, 5.74) is 1.57. The Balaban J connectivity index is 1.82. The fourth-order valence-corrected chi connectivity index (χ4v) is 2.38. The van der Waals surface area contributed by atoms with Crippen LogP contribution in [0.1, 0.15) is 31.1 Å². The lowest BCUT2D eigenvalue weighted by atomic mass is 10.1. The largest absolute Gasteiger partial charge is 0.497 e. The minimum absolute atomic E-state index is 0.296. The SMILES string of the molecule is COc1ccc(C(=O)Nc2ccc3c(c2)C(=O)N(C)C3=O)cc1. The van der Waals surface area contributed by atoms with Crippen molar-refractivity contribution < 1.29 is 19.1 Å². The summed E-state index contributed by atoms with van der Waals surface area (Å²) in [6, 6.07) is 11.3. The van der Waals surface area contributed by atoms with E-state index < -0.39 is 0 Å². The molecule has 6 heteroatoms. The molecular weight excluding hydrogens is 296 g/mol. The van der Waals surface area contributed by atoms with Gasteiger partial charge in [0, 0.05) is 18.3 Å². The van der Waals surface area contributed by atoms with Crippen molar-refractivity contribution in [3.8, 4) is 5.75 Å². The lowest BCUT2D eigenvalue weighted by Crippen LogP contribution is -2.24. The molecule has 1 heterocycles. The lowest BCUT2D eigenvalue weighted by molar-refractivity contribution is 0.0692. The van der Waals surface area contributed by atoms with Gasteiger partial charge in [-0.1, -0.05) is 0 Å². The van der Waals surface area contributed by atoms with Crippen molar-refractivity contribution in [1.82, 2.24) is 4.90 Å². The summed E-state index contributed by atoms with van der Waals surface area (Å²) >= 11 is 0. The van der Waals surface area contributed by atoms with Crippen molar-refractivity contribution >= 4 is 23.4 Å². The number of benzene rings is 2. The van der Waals surface area contributed by atoms with Crippen LogP contribution in [0.2, 0.25) is 0 Å². The van der Waals surface area contributed by atoms with Gasteiger partial charge in [0.1, 0.15) is 5.75 Å². The van der Waals surface area contributed by atoms with Crippen LogP contribution in [0.5, 0.6) is 5.75 Å². The summed E-state index contributed by atoms with van der Waals surface area (Å²) in [5.74, 6) is -0.354. The van der Waals surface area contributed by atoms with E-state index in [9.17, 15) is 14.4 Å². The quantitative estimate of drug-likeness (QED) is 0.882. The highest BCUT2D eigenvalue weighted by Gasteiger charge is 2.32. The van der Waals surface area contributed by atoms with Gasteiger partial charge in [-0.2, -0.15) is 0 Å². The van der Waals surface area contributed by atoms with Crippen LogP contribution in [0, 0.1) is 0 Å². The molecular formula is C17H14N2O4. The predicted molar refractivity (Wildman–Crippen MR) is 83.8 cm³/mol. The van der Waals surface area contributed by atoms with E-state index in [1.165, 1.54) is 13.1 Å². The Morgan fingerprint density at radius 2 is 1.65 bits per heavy atom. The smallest absolute Gasteiger partial charge is 0.261 e. The second-order valence-corrected chi connectivity index (χ2v) is 5.11. The minimum atomic E-state index is -0.370. The maximum atomic E-state index is 12.2. The fraction of sp³-hybridized carbons (Fsp3) is 0.118. The van der Waals surface area contributed by atoms with E-state index in [1.807, 2.05) is 0 Å². The Morgan fingerprint density at radius 1 is 1.00 bits per heavy atom. The van der Waals surface area contributed by atoms with Gasteiger partial charge in [0.2, 0.25) is 0 Å². The standard InChI is InChI=1S/C17H14N2O4/c1-19-16(21)13-8-5-11(9-14(13)17(19)22)18-15(20)10-3-6-12(23-2)7-4-10/h3-9H,1-2H3,(H,18,20). The Bertz CT molecular complexity index is 812. The third-order valence-corrected chi connectivity index (χ3v) is 3.70. The number of nitrogens with one attached hydrogen (secondary N) is 1. The van der Waals surface area contributed by atoms with E-state index in [-0.39, 0.29) is 17.7 Å². The highest BCUT2D eigenvalue weighted by atomic mass is 16.5. The number of methoxy groups -OCH3 is 1. The van der Waals surface area contributed by atoms with Crippen LogP contribution < -0.4 is 10.1 Å². The van der Waals surface area contributed by atoms with Crippen molar-refractivity contribution in [2.24, 2.45) is 0 Å². The molecule has 0 spiro atoms. The summed E-state index contributed by atoms with van der Waals surface area (Å²) < 4.78 is 5.04. The molecule has 116 valence electrons. The van der Waals surface area contributed by atoms with Gasteiger partial charge in [0.05, 0.1) is 18.2 Å². The number of imide groups is 1. The average molecular weight is 310 g/mol. The number of carbonyl (C=O) groups excluding carboxylic acids is 3. The first kappa shape index (κ1) is 14.8. The summed E-state index contributed by atoms with van der Waals surface area (Å²) in [6.45, 7) is 0. The molecule has 6 nitrogen and oxygen atoms in total. The topological polar surface area (TPSA) is 75.7 Å². The van der Waals surface area contributed by atoms with Gasteiger partial charge in [-0.3, -0.25) is 19.3 Å². The van der Waals surface area contributed by atoms with Crippen LogP contribution in [0.15, 0.2) is 42.5 Å². The molecule has 0 aliphatic carbocycles. The first-order valence-electron chi connectivity index (χ1n) is 6.93. The normalized spacial score (nSPS) is 13.0. The number of ether oxygens (including phenoxy) is 1. The number of carbonyl (C=O) groups is 3. The van der Waals surface area contributed by atoms with Crippen molar-refractivity contribution in [1.29, 1.82) is 0 Å². The molecule has 3 amide bonds. The summed E-state index contributed by atoms with van der Waals surface area (Å²) in [7, 11) is 2.98. The molecule has 0 unspecified atom stereocenters. The van der Waals surface area contributed by atoms with Crippen molar-refractivity contribution in [3.63, 3.8) is 0 Å².